The predicted molar refractivity (Wildman–Crippen MR) is 94.1 cm³/mol. The molecular formula is C18H23N3O5. The number of carbonyl (C=O) groups is 3. The number of hydrogen-bond acceptors (Lipinski definition) is 5. The normalized spacial score (nSPS) is 16.7. The summed E-state index contributed by atoms with van der Waals surface area (Å²) in [6, 6.07) is 5.91. The van der Waals surface area contributed by atoms with E-state index >= 15 is 0 Å². The van der Waals surface area contributed by atoms with Crippen molar-refractivity contribution in [1.82, 2.24) is 16.0 Å². The van der Waals surface area contributed by atoms with Gasteiger partial charge in [-0.3, -0.25) is 10.1 Å². The number of esters is 1. The van der Waals surface area contributed by atoms with E-state index in [1.54, 1.807) is 25.1 Å². The number of benzene rings is 1. The van der Waals surface area contributed by atoms with Gasteiger partial charge in [-0.1, -0.05) is 25.1 Å². The standard InChI is InChI=1S/C18H23N3O5/c1-3-9-19-18(25)21-16-15(17(24)26-4-2)12(10-14(23)20-16)11-7-5-6-8-13(11)22/h5-8,12,22H,3-4,9-10H2,1-2H3,(H,20,23)(H2,19,21,25). The van der Waals surface area contributed by atoms with E-state index in [-0.39, 0.29) is 36.1 Å². The molecule has 26 heavy (non-hydrogen) atoms. The zero-order valence-electron chi connectivity index (χ0n) is 14.8. The summed E-state index contributed by atoms with van der Waals surface area (Å²) in [5.41, 5.74) is 0.512. The molecule has 8 heteroatoms. The molecule has 2 rings (SSSR count). The number of ether oxygens (including phenoxy) is 1. The highest BCUT2D eigenvalue weighted by Gasteiger charge is 2.36. The Balaban J connectivity index is 2.46. The van der Waals surface area contributed by atoms with Crippen LogP contribution in [0.15, 0.2) is 35.7 Å². The molecule has 0 radical (unpaired) electrons. The fourth-order valence-electron chi connectivity index (χ4n) is 2.72. The third-order valence-electron chi connectivity index (χ3n) is 3.85. The zero-order valence-corrected chi connectivity index (χ0v) is 14.8. The van der Waals surface area contributed by atoms with E-state index in [0.717, 1.165) is 6.42 Å². The van der Waals surface area contributed by atoms with E-state index in [2.05, 4.69) is 16.0 Å². The number of hydrogen-bond donors (Lipinski definition) is 4. The Morgan fingerprint density at radius 1 is 1.31 bits per heavy atom. The summed E-state index contributed by atoms with van der Waals surface area (Å²) in [6.07, 6.45) is 0.692. The molecule has 8 nitrogen and oxygen atoms in total. The van der Waals surface area contributed by atoms with Crippen LogP contribution in [0, 0.1) is 0 Å². The second-order valence-corrected chi connectivity index (χ2v) is 5.75. The molecule has 1 heterocycles. The Bertz CT molecular complexity index is 729. The summed E-state index contributed by atoms with van der Waals surface area (Å²) in [5.74, 6) is -1.83. The molecule has 0 aromatic heterocycles. The number of aromatic hydroxyl groups is 1. The van der Waals surface area contributed by atoms with Crippen LogP contribution >= 0.6 is 0 Å². The minimum Gasteiger partial charge on any atom is -0.508 e. The van der Waals surface area contributed by atoms with Gasteiger partial charge in [0.25, 0.3) is 0 Å². The maximum atomic E-state index is 12.5. The lowest BCUT2D eigenvalue weighted by Gasteiger charge is -2.28. The number of urea groups is 1. The van der Waals surface area contributed by atoms with Crippen molar-refractivity contribution in [3.05, 3.63) is 41.2 Å². The van der Waals surface area contributed by atoms with Gasteiger partial charge in [-0.05, 0) is 19.4 Å². The lowest BCUT2D eigenvalue weighted by atomic mass is 9.85. The topological polar surface area (TPSA) is 117 Å². The van der Waals surface area contributed by atoms with Gasteiger partial charge in [0.1, 0.15) is 11.6 Å². The summed E-state index contributed by atoms with van der Waals surface area (Å²) in [4.78, 5) is 36.7. The van der Waals surface area contributed by atoms with Gasteiger partial charge in [0.15, 0.2) is 0 Å². The van der Waals surface area contributed by atoms with Crippen LogP contribution in [0.3, 0.4) is 0 Å². The van der Waals surface area contributed by atoms with E-state index in [9.17, 15) is 19.5 Å². The second kappa shape index (κ2) is 8.89. The van der Waals surface area contributed by atoms with Crippen LogP contribution in [0.5, 0.6) is 5.75 Å². The van der Waals surface area contributed by atoms with E-state index in [0.29, 0.717) is 12.1 Å². The number of carbonyl (C=O) groups excluding carboxylic acids is 3. The quantitative estimate of drug-likeness (QED) is 0.573. The minimum atomic E-state index is -0.731. The largest absolute Gasteiger partial charge is 0.508 e. The summed E-state index contributed by atoms with van der Waals surface area (Å²) in [7, 11) is 0. The summed E-state index contributed by atoms with van der Waals surface area (Å²) in [6.45, 7) is 4.15. The molecule has 4 N–H and O–H groups in total. The number of nitrogens with one attached hydrogen (secondary N) is 3. The molecule has 1 aliphatic rings. The van der Waals surface area contributed by atoms with Crippen LogP contribution < -0.4 is 16.0 Å². The molecule has 1 aromatic carbocycles. The second-order valence-electron chi connectivity index (χ2n) is 5.75. The van der Waals surface area contributed by atoms with E-state index in [1.165, 1.54) is 6.07 Å². The van der Waals surface area contributed by atoms with Gasteiger partial charge in [0.05, 0.1) is 12.2 Å². The molecule has 0 spiro atoms. The molecule has 1 unspecified atom stereocenters. The average molecular weight is 361 g/mol. The van der Waals surface area contributed by atoms with E-state index in [1.807, 2.05) is 6.92 Å². The van der Waals surface area contributed by atoms with Gasteiger partial charge in [0, 0.05) is 24.4 Å². The number of amides is 3. The average Bonchev–Trinajstić information content (AvgIpc) is 2.60. The van der Waals surface area contributed by atoms with Crippen molar-refractivity contribution in [2.24, 2.45) is 0 Å². The van der Waals surface area contributed by atoms with Gasteiger partial charge in [-0.15, -0.1) is 0 Å². The summed E-state index contributed by atoms with van der Waals surface area (Å²) >= 11 is 0. The van der Waals surface area contributed by atoms with Crippen molar-refractivity contribution in [3.63, 3.8) is 0 Å². The predicted octanol–water partition coefficient (Wildman–Crippen LogP) is 1.48. The highest BCUT2D eigenvalue weighted by atomic mass is 16.5. The monoisotopic (exact) mass is 361 g/mol. The SMILES string of the molecule is CCCNC(=O)NC1=C(C(=O)OCC)C(c2ccccc2O)CC(=O)N1. The lowest BCUT2D eigenvalue weighted by Crippen LogP contribution is -2.46. The van der Waals surface area contributed by atoms with Crippen LogP contribution in [-0.2, 0) is 14.3 Å². The third-order valence-corrected chi connectivity index (χ3v) is 3.85. The maximum absolute atomic E-state index is 12.5. The molecule has 0 saturated carbocycles. The Hall–Kier alpha value is -3.03. The number of phenolic OH excluding ortho intramolecular Hbond substituents is 1. The fourth-order valence-corrected chi connectivity index (χ4v) is 2.72. The molecule has 3 amide bonds. The summed E-state index contributed by atoms with van der Waals surface area (Å²) in [5, 5.41) is 17.8. The highest BCUT2D eigenvalue weighted by Crippen LogP contribution is 2.37. The number of rotatable bonds is 6. The van der Waals surface area contributed by atoms with E-state index < -0.39 is 17.9 Å². The van der Waals surface area contributed by atoms with Crippen molar-refractivity contribution in [2.45, 2.75) is 32.6 Å². The van der Waals surface area contributed by atoms with E-state index in [4.69, 9.17) is 4.74 Å². The Morgan fingerprint density at radius 3 is 2.69 bits per heavy atom. The first-order valence-corrected chi connectivity index (χ1v) is 8.51. The molecule has 0 aliphatic carbocycles. The number of para-hydroxylation sites is 1. The van der Waals surface area contributed by atoms with Gasteiger partial charge >= 0.3 is 12.0 Å². The first-order valence-electron chi connectivity index (χ1n) is 8.51. The maximum Gasteiger partial charge on any atom is 0.338 e. The van der Waals surface area contributed by atoms with Crippen molar-refractivity contribution in [1.29, 1.82) is 0 Å². The van der Waals surface area contributed by atoms with Gasteiger partial charge in [0.2, 0.25) is 5.91 Å². The van der Waals surface area contributed by atoms with Crippen molar-refractivity contribution < 1.29 is 24.2 Å². The summed E-state index contributed by atoms with van der Waals surface area (Å²) < 4.78 is 5.10. The number of phenols is 1. The Labute approximate surface area is 151 Å². The molecule has 0 fully saturated rings. The van der Waals surface area contributed by atoms with Crippen molar-refractivity contribution in [3.8, 4) is 5.75 Å². The van der Waals surface area contributed by atoms with Gasteiger partial charge in [-0.2, -0.15) is 0 Å². The Morgan fingerprint density at radius 2 is 2.04 bits per heavy atom. The zero-order chi connectivity index (χ0) is 19.1. The van der Waals surface area contributed by atoms with Crippen LogP contribution in [0.25, 0.3) is 0 Å². The third kappa shape index (κ3) is 4.53. The van der Waals surface area contributed by atoms with Crippen molar-refractivity contribution >= 4 is 17.9 Å². The Kier molecular flexibility index (Phi) is 6.60. The first-order chi connectivity index (χ1) is 12.5. The first kappa shape index (κ1) is 19.3. The fraction of sp³-hybridized carbons (Fsp3) is 0.389. The molecule has 1 aromatic rings. The highest BCUT2D eigenvalue weighted by molar-refractivity contribution is 5.97. The van der Waals surface area contributed by atoms with Crippen LogP contribution in [0.2, 0.25) is 0 Å². The van der Waals surface area contributed by atoms with Crippen LogP contribution in [-0.4, -0.2) is 36.2 Å². The lowest BCUT2D eigenvalue weighted by molar-refractivity contribution is -0.139. The minimum absolute atomic E-state index is 0.0263. The smallest absolute Gasteiger partial charge is 0.338 e. The molecular weight excluding hydrogens is 338 g/mol. The van der Waals surface area contributed by atoms with Crippen LogP contribution in [0.4, 0.5) is 4.79 Å². The molecule has 1 atom stereocenters. The molecule has 0 saturated heterocycles. The molecule has 140 valence electrons. The van der Waals surface area contributed by atoms with Gasteiger partial charge < -0.3 is 20.5 Å². The molecule has 1 aliphatic heterocycles. The van der Waals surface area contributed by atoms with Gasteiger partial charge in [-0.25, -0.2) is 9.59 Å². The van der Waals surface area contributed by atoms with Crippen molar-refractivity contribution in [2.75, 3.05) is 13.2 Å². The molecule has 0 bridgehead atoms. The van der Waals surface area contributed by atoms with Crippen LogP contribution in [0.1, 0.15) is 38.2 Å².